The number of amides is 1. The van der Waals surface area contributed by atoms with Gasteiger partial charge in [-0.3, -0.25) is 9.78 Å². The summed E-state index contributed by atoms with van der Waals surface area (Å²) in [7, 11) is 0. The number of nitrogens with zero attached hydrogens (tertiary/aromatic N) is 1. The van der Waals surface area contributed by atoms with Gasteiger partial charge in [0.1, 0.15) is 0 Å². The fraction of sp³-hybridized carbons (Fsp3) is 0.444. The number of carbonyl (C=O) groups is 1. The summed E-state index contributed by atoms with van der Waals surface area (Å²) in [6.45, 7) is -0.142. The molecule has 0 aliphatic heterocycles. The van der Waals surface area contributed by atoms with Gasteiger partial charge >= 0.3 is 0 Å². The third-order valence-corrected chi connectivity index (χ3v) is 5.56. The predicted octanol–water partition coefficient (Wildman–Crippen LogP) is 3.65. The average Bonchev–Trinajstić information content (AvgIpc) is 3.11. The molecule has 2 N–H and O–H groups in total. The number of nitrogens with one attached hydrogen (secondary N) is 1. The Morgan fingerprint density at radius 2 is 2.22 bits per heavy atom. The van der Waals surface area contributed by atoms with Crippen molar-refractivity contribution < 1.29 is 9.90 Å². The summed E-state index contributed by atoms with van der Waals surface area (Å²) in [6, 6.07) is 5.26. The third-order valence-electron chi connectivity index (χ3n) is 4.46. The van der Waals surface area contributed by atoms with Gasteiger partial charge in [-0.15, -0.1) is 11.3 Å². The van der Waals surface area contributed by atoms with E-state index >= 15 is 0 Å². The second-order valence-corrected chi connectivity index (χ2v) is 7.01. The molecule has 0 bridgehead atoms. The van der Waals surface area contributed by atoms with E-state index < -0.39 is 6.04 Å². The third kappa shape index (κ3) is 3.98. The fourth-order valence-corrected chi connectivity index (χ4v) is 4.19. The number of carbonyl (C=O) groups excluding carboxylic acids is 1. The molecular weight excluding hydrogens is 308 g/mol. The fourth-order valence-electron chi connectivity index (χ4n) is 3.13. The van der Waals surface area contributed by atoms with Crippen LogP contribution in [0.15, 0.2) is 36.0 Å². The van der Waals surface area contributed by atoms with Gasteiger partial charge in [-0.1, -0.05) is 25.3 Å². The molecule has 1 amide bonds. The lowest BCUT2D eigenvalue weighted by Crippen LogP contribution is -2.30. The number of rotatable bonds is 5. The lowest BCUT2D eigenvalue weighted by molar-refractivity contribution is 0.0916. The van der Waals surface area contributed by atoms with Crippen molar-refractivity contribution in [1.29, 1.82) is 0 Å². The number of pyridine rings is 1. The van der Waals surface area contributed by atoms with Gasteiger partial charge in [-0.25, -0.2) is 0 Å². The van der Waals surface area contributed by atoms with Crippen molar-refractivity contribution in [2.24, 2.45) is 0 Å². The van der Waals surface area contributed by atoms with Crippen LogP contribution in [0.2, 0.25) is 0 Å². The minimum atomic E-state index is -0.422. The van der Waals surface area contributed by atoms with Crippen molar-refractivity contribution >= 4 is 17.2 Å². The van der Waals surface area contributed by atoms with Gasteiger partial charge in [0.15, 0.2) is 0 Å². The van der Waals surface area contributed by atoms with Crippen LogP contribution >= 0.6 is 11.3 Å². The van der Waals surface area contributed by atoms with E-state index in [9.17, 15) is 9.90 Å². The maximum Gasteiger partial charge on any atom is 0.252 e. The van der Waals surface area contributed by atoms with Gasteiger partial charge in [0.25, 0.3) is 5.91 Å². The Morgan fingerprint density at radius 3 is 2.91 bits per heavy atom. The van der Waals surface area contributed by atoms with Crippen LogP contribution in [-0.4, -0.2) is 22.6 Å². The van der Waals surface area contributed by atoms with E-state index in [0.29, 0.717) is 11.5 Å². The van der Waals surface area contributed by atoms with Crippen molar-refractivity contribution in [3.05, 3.63) is 52.0 Å². The normalized spacial score (nSPS) is 16.9. The van der Waals surface area contributed by atoms with E-state index in [1.54, 1.807) is 29.8 Å². The van der Waals surface area contributed by atoms with Crippen LogP contribution in [0.3, 0.4) is 0 Å². The summed E-state index contributed by atoms with van der Waals surface area (Å²) in [5, 5.41) is 14.4. The number of aromatic nitrogens is 1. The largest absolute Gasteiger partial charge is 0.394 e. The summed E-state index contributed by atoms with van der Waals surface area (Å²) >= 11 is 1.68. The number of aliphatic hydroxyl groups excluding tert-OH is 1. The van der Waals surface area contributed by atoms with Crippen LogP contribution in [0.1, 0.15) is 64.9 Å². The highest BCUT2D eigenvalue weighted by Gasteiger charge is 2.20. The Labute approximate surface area is 140 Å². The molecule has 0 saturated heterocycles. The molecule has 1 aliphatic rings. The Bertz CT molecular complexity index is 635. The molecule has 2 heterocycles. The van der Waals surface area contributed by atoms with Crippen LogP contribution in [0.5, 0.6) is 0 Å². The minimum absolute atomic E-state index is 0.133. The summed E-state index contributed by atoms with van der Waals surface area (Å²) < 4.78 is 0. The summed E-state index contributed by atoms with van der Waals surface area (Å²) in [5.41, 5.74) is 1.50. The highest BCUT2D eigenvalue weighted by molar-refractivity contribution is 7.10. The molecule has 122 valence electrons. The lowest BCUT2D eigenvalue weighted by Gasteiger charge is -2.20. The first-order valence-electron chi connectivity index (χ1n) is 8.18. The molecular formula is C18H22N2O2S. The summed E-state index contributed by atoms with van der Waals surface area (Å²) in [5.74, 6) is 0.480. The van der Waals surface area contributed by atoms with E-state index in [2.05, 4.69) is 10.3 Å². The second-order valence-electron chi connectivity index (χ2n) is 6.07. The van der Waals surface area contributed by atoms with E-state index in [4.69, 9.17) is 0 Å². The summed E-state index contributed by atoms with van der Waals surface area (Å²) in [4.78, 5) is 17.8. The average molecular weight is 330 g/mol. The molecule has 2 aromatic heterocycles. The molecule has 0 radical (unpaired) electrons. The Kier molecular flexibility index (Phi) is 5.41. The Balaban J connectivity index is 1.67. The van der Waals surface area contributed by atoms with Gasteiger partial charge in [0.2, 0.25) is 0 Å². The predicted molar refractivity (Wildman–Crippen MR) is 91.7 cm³/mol. The zero-order chi connectivity index (χ0) is 16.1. The first-order chi connectivity index (χ1) is 11.3. The Hall–Kier alpha value is -1.72. The van der Waals surface area contributed by atoms with Crippen molar-refractivity contribution in [3.8, 4) is 0 Å². The molecule has 1 atom stereocenters. The maximum absolute atomic E-state index is 12.4. The van der Waals surface area contributed by atoms with Crippen LogP contribution in [-0.2, 0) is 0 Å². The lowest BCUT2D eigenvalue weighted by atomic mass is 9.88. The van der Waals surface area contributed by atoms with Crippen molar-refractivity contribution in [3.63, 3.8) is 0 Å². The minimum Gasteiger partial charge on any atom is -0.394 e. The molecule has 5 heteroatoms. The molecule has 0 spiro atoms. The Morgan fingerprint density at radius 1 is 1.39 bits per heavy atom. The van der Waals surface area contributed by atoms with Crippen molar-refractivity contribution in [2.75, 3.05) is 6.61 Å². The van der Waals surface area contributed by atoms with Crippen LogP contribution < -0.4 is 5.32 Å². The molecule has 3 rings (SSSR count). The van der Waals surface area contributed by atoms with Gasteiger partial charge in [0, 0.05) is 22.7 Å². The van der Waals surface area contributed by atoms with Crippen LogP contribution in [0.25, 0.3) is 0 Å². The molecule has 1 saturated carbocycles. The standard InChI is InChI=1S/C18H22N2O2S/c21-11-16(14-7-4-8-19-10-14)20-18(22)15-9-17(23-12-15)13-5-2-1-3-6-13/h4,7-10,12-13,16,21H,1-3,5-6,11H2,(H,20,22). The molecule has 1 unspecified atom stereocenters. The smallest absolute Gasteiger partial charge is 0.252 e. The number of thiophene rings is 1. The second kappa shape index (κ2) is 7.70. The quantitative estimate of drug-likeness (QED) is 0.879. The van der Waals surface area contributed by atoms with Gasteiger partial charge in [0.05, 0.1) is 18.2 Å². The monoisotopic (exact) mass is 330 g/mol. The molecule has 2 aromatic rings. The van der Waals surface area contributed by atoms with Crippen molar-refractivity contribution in [1.82, 2.24) is 10.3 Å². The number of hydrogen-bond donors (Lipinski definition) is 2. The zero-order valence-electron chi connectivity index (χ0n) is 13.1. The van der Waals surface area contributed by atoms with Crippen LogP contribution in [0.4, 0.5) is 0 Å². The maximum atomic E-state index is 12.4. The summed E-state index contributed by atoms with van der Waals surface area (Å²) in [6.07, 6.45) is 9.72. The van der Waals surface area contributed by atoms with Crippen molar-refractivity contribution in [2.45, 2.75) is 44.1 Å². The van der Waals surface area contributed by atoms with E-state index in [0.717, 1.165) is 5.56 Å². The molecule has 1 fully saturated rings. The first kappa shape index (κ1) is 16.1. The molecule has 0 aromatic carbocycles. The highest BCUT2D eigenvalue weighted by atomic mass is 32.1. The topological polar surface area (TPSA) is 62.2 Å². The van der Waals surface area contributed by atoms with E-state index in [1.807, 2.05) is 17.5 Å². The molecule has 23 heavy (non-hydrogen) atoms. The van der Waals surface area contributed by atoms with Gasteiger partial charge < -0.3 is 10.4 Å². The highest BCUT2D eigenvalue weighted by Crippen LogP contribution is 2.36. The molecule has 1 aliphatic carbocycles. The van der Waals surface area contributed by atoms with E-state index in [-0.39, 0.29) is 12.5 Å². The number of aliphatic hydroxyl groups is 1. The van der Waals surface area contributed by atoms with Crippen LogP contribution in [0, 0.1) is 0 Å². The SMILES string of the molecule is O=C(NC(CO)c1cccnc1)c1csc(C2CCCCC2)c1. The van der Waals surface area contributed by atoms with E-state index in [1.165, 1.54) is 37.0 Å². The van der Waals surface area contributed by atoms with Gasteiger partial charge in [-0.2, -0.15) is 0 Å². The zero-order valence-corrected chi connectivity index (χ0v) is 13.9. The van der Waals surface area contributed by atoms with Gasteiger partial charge in [-0.05, 0) is 36.5 Å². The first-order valence-corrected chi connectivity index (χ1v) is 9.06. The number of hydrogen-bond acceptors (Lipinski definition) is 4. The molecule has 4 nitrogen and oxygen atoms in total.